The highest BCUT2D eigenvalue weighted by molar-refractivity contribution is 5.96. The molecule has 1 atom stereocenters. The third-order valence-corrected chi connectivity index (χ3v) is 4.58. The van der Waals surface area contributed by atoms with Crippen LogP contribution in [0.4, 0.5) is 5.69 Å². The number of hydrogen-bond acceptors (Lipinski definition) is 2. The van der Waals surface area contributed by atoms with Gasteiger partial charge in [-0.05, 0) is 55.9 Å². The van der Waals surface area contributed by atoms with E-state index < -0.39 is 0 Å². The Bertz CT molecular complexity index is 484. The molecule has 0 radical (unpaired) electrons. The van der Waals surface area contributed by atoms with Crippen molar-refractivity contribution in [3.8, 4) is 0 Å². The first-order chi connectivity index (χ1) is 10.2. The maximum absolute atomic E-state index is 12.7. The van der Waals surface area contributed by atoms with E-state index in [1.54, 1.807) is 0 Å². The van der Waals surface area contributed by atoms with E-state index in [0.29, 0.717) is 0 Å². The van der Waals surface area contributed by atoms with Gasteiger partial charge in [0.25, 0.3) is 5.91 Å². The second-order valence-corrected chi connectivity index (χ2v) is 6.16. The van der Waals surface area contributed by atoms with Crippen LogP contribution < -0.4 is 5.32 Å². The second kappa shape index (κ2) is 7.48. The predicted octanol–water partition coefficient (Wildman–Crippen LogP) is 4.08. The van der Waals surface area contributed by atoms with Crippen molar-refractivity contribution in [2.45, 2.75) is 46.0 Å². The molecule has 1 aromatic carbocycles. The molecule has 3 heteroatoms. The van der Waals surface area contributed by atoms with E-state index >= 15 is 0 Å². The molecule has 116 valence electrons. The lowest BCUT2D eigenvalue weighted by atomic mass is 9.96. The van der Waals surface area contributed by atoms with E-state index in [2.05, 4.69) is 17.1 Å². The van der Waals surface area contributed by atoms with Gasteiger partial charge in [0.2, 0.25) is 0 Å². The molecule has 1 saturated heterocycles. The zero-order valence-electron chi connectivity index (χ0n) is 13.6. The summed E-state index contributed by atoms with van der Waals surface area (Å²) in [6.07, 6.45) is 6.13. The standard InChI is InChI=1S/C18H28N2O/c1-4-6-15-7-5-11-20(12-10-15)18(21)17-9-8-16(19-3)13-14(17)2/h8-9,13,15,19H,4-7,10-12H2,1-3H3. The van der Waals surface area contributed by atoms with Gasteiger partial charge in [0.15, 0.2) is 0 Å². The number of benzene rings is 1. The molecule has 0 aromatic heterocycles. The number of hydrogen-bond donors (Lipinski definition) is 1. The number of carbonyl (C=O) groups is 1. The Balaban J connectivity index is 2.06. The van der Waals surface area contributed by atoms with Crippen molar-refractivity contribution < 1.29 is 4.79 Å². The zero-order chi connectivity index (χ0) is 15.2. The normalized spacial score (nSPS) is 19.2. The molecule has 1 aliphatic rings. The Hall–Kier alpha value is -1.51. The van der Waals surface area contributed by atoms with Gasteiger partial charge in [-0.25, -0.2) is 0 Å². The lowest BCUT2D eigenvalue weighted by Gasteiger charge is -2.22. The van der Waals surface area contributed by atoms with Crippen molar-refractivity contribution in [2.24, 2.45) is 5.92 Å². The van der Waals surface area contributed by atoms with Crippen LogP contribution in [-0.4, -0.2) is 30.9 Å². The Morgan fingerprint density at radius 2 is 2.14 bits per heavy atom. The molecule has 0 aliphatic carbocycles. The van der Waals surface area contributed by atoms with Crippen molar-refractivity contribution in [1.82, 2.24) is 4.90 Å². The summed E-state index contributed by atoms with van der Waals surface area (Å²) in [5.74, 6) is 1.01. The van der Waals surface area contributed by atoms with E-state index in [1.165, 1.54) is 19.3 Å². The van der Waals surface area contributed by atoms with Crippen LogP contribution in [-0.2, 0) is 0 Å². The largest absolute Gasteiger partial charge is 0.388 e. The van der Waals surface area contributed by atoms with Gasteiger partial charge in [-0.2, -0.15) is 0 Å². The summed E-state index contributed by atoms with van der Waals surface area (Å²) in [5.41, 5.74) is 2.96. The monoisotopic (exact) mass is 288 g/mol. The fraction of sp³-hybridized carbons (Fsp3) is 0.611. The number of anilines is 1. The Morgan fingerprint density at radius 3 is 2.81 bits per heavy atom. The smallest absolute Gasteiger partial charge is 0.254 e. The molecule has 0 saturated carbocycles. The number of nitrogens with zero attached hydrogens (tertiary/aromatic N) is 1. The van der Waals surface area contributed by atoms with Crippen LogP contribution in [0.15, 0.2) is 18.2 Å². The lowest BCUT2D eigenvalue weighted by molar-refractivity contribution is 0.0759. The molecule has 1 N–H and O–H groups in total. The second-order valence-electron chi connectivity index (χ2n) is 6.16. The predicted molar refractivity (Wildman–Crippen MR) is 88.9 cm³/mol. The van der Waals surface area contributed by atoms with E-state index in [1.807, 2.05) is 32.2 Å². The van der Waals surface area contributed by atoms with Crippen molar-refractivity contribution in [3.05, 3.63) is 29.3 Å². The molecule has 2 rings (SSSR count). The van der Waals surface area contributed by atoms with Gasteiger partial charge in [0, 0.05) is 31.4 Å². The molecule has 0 bridgehead atoms. The average Bonchev–Trinajstić information content (AvgIpc) is 2.72. The molecule has 1 heterocycles. The molecule has 1 aromatic rings. The summed E-state index contributed by atoms with van der Waals surface area (Å²) in [6.45, 7) is 6.09. The molecular weight excluding hydrogens is 260 g/mol. The minimum atomic E-state index is 0.201. The van der Waals surface area contributed by atoms with Crippen LogP contribution in [0.2, 0.25) is 0 Å². The SMILES string of the molecule is CCCC1CCCN(C(=O)c2ccc(NC)cc2C)CC1. The highest BCUT2D eigenvalue weighted by Gasteiger charge is 2.22. The molecule has 1 unspecified atom stereocenters. The maximum Gasteiger partial charge on any atom is 0.254 e. The van der Waals surface area contributed by atoms with Crippen LogP contribution >= 0.6 is 0 Å². The molecule has 1 aliphatic heterocycles. The van der Waals surface area contributed by atoms with Crippen molar-refractivity contribution in [1.29, 1.82) is 0 Å². The summed E-state index contributed by atoms with van der Waals surface area (Å²) in [5, 5.41) is 3.12. The zero-order valence-corrected chi connectivity index (χ0v) is 13.6. The summed E-state index contributed by atoms with van der Waals surface area (Å²) in [7, 11) is 1.90. The van der Waals surface area contributed by atoms with Crippen LogP contribution in [0.1, 0.15) is 54.9 Å². The van der Waals surface area contributed by atoms with Crippen LogP contribution in [0, 0.1) is 12.8 Å². The summed E-state index contributed by atoms with van der Waals surface area (Å²) in [4.78, 5) is 14.8. The third kappa shape index (κ3) is 3.99. The van der Waals surface area contributed by atoms with E-state index in [-0.39, 0.29) is 5.91 Å². The quantitative estimate of drug-likeness (QED) is 0.905. The summed E-state index contributed by atoms with van der Waals surface area (Å²) < 4.78 is 0. The molecule has 3 nitrogen and oxygen atoms in total. The van der Waals surface area contributed by atoms with Gasteiger partial charge in [-0.3, -0.25) is 4.79 Å². The molecule has 0 spiro atoms. The van der Waals surface area contributed by atoms with Crippen molar-refractivity contribution in [3.63, 3.8) is 0 Å². The van der Waals surface area contributed by atoms with Gasteiger partial charge < -0.3 is 10.2 Å². The first kappa shape index (κ1) is 15.9. The van der Waals surface area contributed by atoms with Gasteiger partial charge in [0.1, 0.15) is 0 Å². The van der Waals surface area contributed by atoms with Crippen molar-refractivity contribution in [2.75, 3.05) is 25.5 Å². The number of nitrogens with one attached hydrogen (secondary N) is 1. The van der Waals surface area contributed by atoms with E-state index in [0.717, 1.165) is 48.7 Å². The Morgan fingerprint density at radius 1 is 1.33 bits per heavy atom. The number of carbonyl (C=O) groups excluding carboxylic acids is 1. The Labute approximate surface area is 128 Å². The molecule has 21 heavy (non-hydrogen) atoms. The minimum Gasteiger partial charge on any atom is -0.388 e. The molecular formula is C18H28N2O. The lowest BCUT2D eigenvalue weighted by Crippen LogP contribution is -2.32. The van der Waals surface area contributed by atoms with Gasteiger partial charge >= 0.3 is 0 Å². The third-order valence-electron chi connectivity index (χ3n) is 4.58. The van der Waals surface area contributed by atoms with Crippen LogP contribution in [0.3, 0.4) is 0 Å². The molecule has 1 amide bonds. The first-order valence-corrected chi connectivity index (χ1v) is 8.23. The number of aryl methyl sites for hydroxylation is 1. The summed E-state index contributed by atoms with van der Waals surface area (Å²) >= 11 is 0. The van der Waals surface area contributed by atoms with Crippen LogP contribution in [0.5, 0.6) is 0 Å². The van der Waals surface area contributed by atoms with Gasteiger partial charge in [-0.1, -0.05) is 19.8 Å². The van der Waals surface area contributed by atoms with Gasteiger partial charge in [0.05, 0.1) is 0 Å². The first-order valence-electron chi connectivity index (χ1n) is 8.23. The van der Waals surface area contributed by atoms with E-state index in [9.17, 15) is 4.79 Å². The number of amides is 1. The number of likely N-dealkylation sites (tertiary alicyclic amines) is 1. The number of rotatable bonds is 4. The summed E-state index contributed by atoms with van der Waals surface area (Å²) in [6, 6.07) is 5.99. The minimum absolute atomic E-state index is 0.201. The maximum atomic E-state index is 12.7. The van der Waals surface area contributed by atoms with Gasteiger partial charge in [-0.15, -0.1) is 0 Å². The fourth-order valence-electron chi connectivity index (χ4n) is 3.29. The highest BCUT2D eigenvalue weighted by Crippen LogP contribution is 2.24. The van der Waals surface area contributed by atoms with Crippen LogP contribution in [0.25, 0.3) is 0 Å². The van der Waals surface area contributed by atoms with E-state index in [4.69, 9.17) is 0 Å². The average molecular weight is 288 g/mol. The topological polar surface area (TPSA) is 32.3 Å². The Kier molecular flexibility index (Phi) is 5.66. The molecule has 1 fully saturated rings. The fourth-order valence-corrected chi connectivity index (χ4v) is 3.29. The van der Waals surface area contributed by atoms with Crippen molar-refractivity contribution >= 4 is 11.6 Å². The highest BCUT2D eigenvalue weighted by atomic mass is 16.2.